The molecule has 9 nitrogen and oxygen atoms in total. The van der Waals surface area contributed by atoms with E-state index in [9.17, 15) is 5.11 Å². The summed E-state index contributed by atoms with van der Waals surface area (Å²) in [4.78, 5) is 4.60. The third-order valence-electron chi connectivity index (χ3n) is 8.51. The number of nitrogens with zero attached hydrogens (tertiary/aromatic N) is 5. The summed E-state index contributed by atoms with van der Waals surface area (Å²) in [5.41, 5.74) is 4.19. The number of ether oxygens (including phenoxy) is 3. The van der Waals surface area contributed by atoms with E-state index in [1.807, 2.05) is 60.7 Å². The number of aryl methyl sites for hydroxylation is 1. The van der Waals surface area contributed by atoms with Gasteiger partial charge in [-0.15, -0.1) is 0 Å². The molecule has 1 N–H and O–H groups in total. The first-order chi connectivity index (χ1) is 22.8. The Labute approximate surface area is 276 Å². The van der Waals surface area contributed by atoms with Crippen LogP contribution >= 0.6 is 0 Å². The van der Waals surface area contributed by atoms with Crippen molar-refractivity contribution in [2.75, 3.05) is 13.2 Å². The molecule has 0 spiro atoms. The number of aliphatic hydroxyl groups is 1. The lowest BCUT2D eigenvalue weighted by molar-refractivity contribution is -0.0368. The van der Waals surface area contributed by atoms with Gasteiger partial charge < -0.3 is 19.3 Å². The molecule has 3 aromatic carbocycles. The molecule has 1 saturated heterocycles. The van der Waals surface area contributed by atoms with Gasteiger partial charge in [0.05, 0.1) is 0 Å². The van der Waals surface area contributed by atoms with Crippen molar-refractivity contribution in [2.45, 2.75) is 84.5 Å². The minimum absolute atomic E-state index is 0.153. The molecule has 11 heteroatoms. The molecule has 2 aromatic heterocycles. The second kappa shape index (κ2) is 14.5. The van der Waals surface area contributed by atoms with Gasteiger partial charge in [-0.05, 0) is 66.6 Å². The average Bonchev–Trinajstić information content (AvgIpc) is 3.68. The molecule has 0 saturated carbocycles. The second-order valence-electron chi connectivity index (χ2n) is 13.2. The largest absolute Gasteiger partial charge is 0.489 e. The summed E-state index contributed by atoms with van der Waals surface area (Å²) in [5, 5.41) is 19.9. The number of benzene rings is 3. The van der Waals surface area contributed by atoms with Gasteiger partial charge in [0.25, 0.3) is 0 Å². The molecule has 1 atom stereocenters. The molecule has 0 aliphatic carbocycles. The summed E-state index contributed by atoms with van der Waals surface area (Å²) < 4.78 is 38.5. The number of aliphatic hydroxyl groups excluding tert-OH is 1. The van der Waals surface area contributed by atoms with Gasteiger partial charge >= 0.3 is 0 Å². The predicted molar refractivity (Wildman–Crippen MR) is 183 cm³/mol. The number of hydrogen-bond acceptors (Lipinski definition) is 7. The van der Waals surface area contributed by atoms with Crippen LogP contribution in [0.3, 0.4) is 0 Å². The number of hydrogen-bond donors (Lipinski definition) is 1. The Balaban J connectivity index is 1.39. The first kappa shape index (κ1) is 33.0. The van der Waals surface area contributed by atoms with Crippen LogP contribution in [-0.4, -0.2) is 50.9 Å². The Morgan fingerprint density at radius 2 is 1.83 bits per heavy atom. The predicted octanol–water partition coefficient (Wildman–Crippen LogP) is 7.75. The van der Waals surface area contributed by atoms with Crippen molar-refractivity contribution < 1.29 is 23.7 Å². The van der Waals surface area contributed by atoms with Crippen LogP contribution in [0.5, 0.6) is 5.75 Å². The van der Waals surface area contributed by atoms with Gasteiger partial charge in [0.1, 0.15) is 36.9 Å². The minimum atomic E-state index is -1.28. The van der Waals surface area contributed by atoms with E-state index in [0.717, 1.165) is 47.7 Å². The number of halogens is 1. The van der Waals surface area contributed by atoms with Crippen molar-refractivity contribution in [3.63, 3.8) is 0 Å². The van der Waals surface area contributed by atoms with E-state index >= 15 is 4.39 Å². The summed E-state index contributed by atoms with van der Waals surface area (Å²) in [5.74, 6) is 1.04. The third kappa shape index (κ3) is 7.48. The van der Waals surface area contributed by atoms with Crippen molar-refractivity contribution in [2.24, 2.45) is 0 Å². The minimum Gasteiger partial charge on any atom is -0.489 e. The van der Waals surface area contributed by atoms with Crippen LogP contribution in [0.15, 0.2) is 60.7 Å². The number of fused-ring (bicyclic) bond motifs is 1. The summed E-state index contributed by atoms with van der Waals surface area (Å²) in [6.45, 7) is 10.4. The molecule has 1 unspecified atom stereocenters. The summed E-state index contributed by atoms with van der Waals surface area (Å²) in [6.07, 6.45) is 2.93. The maximum atomic E-state index is 17.0. The molecular formula is C36H44FN5O4Si. The Morgan fingerprint density at radius 3 is 2.55 bits per heavy atom. The Bertz CT molecular complexity index is 1810. The molecule has 47 heavy (non-hydrogen) atoms. The molecule has 6 rings (SSSR count). The van der Waals surface area contributed by atoms with Gasteiger partial charge in [-0.1, -0.05) is 69.0 Å². The smallest absolute Gasteiger partial charge is 0.181 e. The van der Waals surface area contributed by atoms with Gasteiger partial charge in [-0.25, -0.2) is 18.7 Å². The normalized spacial score (nSPS) is 15.4. The highest BCUT2D eigenvalue weighted by atomic mass is 28.3. The molecule has 3 heterocycles. The van der Waals surface area contributed by atoms with E-state index in [0.29, 0.717) is 54.2 Å². The molecule has 248 valence electrons. The maximum Gasteiger partial charge on any atom is 0.181 e. The van der Waals surface area contributed by atoms with Crippen LogP contribution in [0.25, 0.3) is 33.5 Å². The number of aromatic nitrogens is 5. The molecule has 1 aliphatic heterocycles. The topological polar surface area (TPSA) is 96.5 Å². The zero-order chi connectivity index (χ0) is 33.0. The van der Waals surface area contributed by atoms with Crippen molar-refractivity contribution in [1.82, 2.24) is 24.5 Å². The van der Waals surface area contributed by atoms with Crippen LogP contribution in [0.2, 0.25) is 25.7 Å². The molecular weight excluding hydrogens is 614 g/mol. The molecule has 0 amide bonds. The Kier molecular flexibility index (Phi) is 10.2. The average molecular weight is 658 g/mol. The lowest BCUT2D eigenvalue weighted by Crippen LogP contribution is -2.22. The fourth-order valence-corrected chi connectivity index (χ4v) is 6.65. The van der Waals surface area contributed by atoms with Gasteiger partial charge in [-0.3, -0.25) is 0 Å². The molecule has 0 bridgehead atoms. The van der Waals surface area contributed by atoms with E-state index < -0.39 is 14.3 Å². The lowest BCUT2D eigenvalue weighted by atomic mass is 9.96. The SMILES string of the molecule is CCc1cc(OCc2ccccc2)ccc1-c1ccc2c(-c3nc(CO)nn3COCC[Si](C)(C)C)nn(C3CCCCO3)c2c1F. The molecule has 5 aromatic rings. The van der Waals surface area contributed by atoms with E-state index in [-0.39, 0.29) is 25.0 Å². The van der Waals surface area contributed by atoms with Crippen molar-refractivity contribution in [3.8, 4) is 28.4 Å². The highest BCUT2D eigenvalue weighted by molar-refractivity contribution is 6.76. The van der Waals surface area contributed by atoms with Crippen LogP contribution in [0.1, 0.15) is 49.4 Å². The van der Waals surface area contributed by atoms with E-state index in [4.69, 9.17) is 19.3 Å². The van der Waals surface area contributed by atoms with E-state index in [1.165, 1.54) is 0 Å². The van der Waals surface area contributed by atoms with Crippen molar-refractivity contribution >= 4 is 19.0 Å². The summed E-state index contributed by atoms with van der Waals surface area (Å²) in [7, 11) is -1.28. The number of rotatable bonds is 13. The summed E-state index contributed by atoms with van der Waals surface area (Å²) in [6, 6.07) is 20.6. The second-order valence-corrected chi connectivity index (χ2v) is 18.9. The van der Waals surface area contributed by atoms with Gasteiger partial charge in [0, 0.05) is 32.2 Å². The molecule has 0 radical (unpaired) electrons. The van der Waals surface area contributed by atoms with Crippen molar-refractivity contribution in [1.29, 1.82) is 0 Å². The monoisotopic (exact) mass is 657 g/mol. The Morgan fingerprint density at radius 1 is 1.02 bits per heavy atom. The maximum absolute atomic E-state index is 17.0. The van der Waals surface area contributed by atoms with Crippen LogP contribution in [-0.2, 0) is 35.8 Å². The van der Waals surface area contributed by atoms with E-state index in [2.05, 4.69) is 36.6 Å². The molecule has 1 fully saturated rings. The zero-order valence-corrected chi connectivity index (χ0v) is 28.7. The third-order valence-corrected chi connectivity index (χ3v) is 10.2. The van der Waals surface area contributed by atoms with Crippen LogP contribution < -0.4 is 4.74 Å². The fraction of sp³-hybridized carbons (Fsp3) is 0.417. The fourth-order valence-electron chi connectivity index (χ4n) is 5.90. The van der Waals surface area contributed by atoms with Crippen LogP contribution in [0, 0.1) is 5.82 Å². The first-order valence-corrected chi connectivity index (χ1v) is 20.2. The highest BCUT2D eigenvalue weighted by Crippen LogP contribution is 2.39. The molecule has 1 aliphatic rings. The van der Waals surface area contributed by atoms with Crippen LogP contribution in [0.4, 0.5) is 4.39 Å². The van der Waals surface area contributed by atoms with E-state index in [1.54, 1.807) is 9.36 Å². The first-order valence-electron chi connectivity index (χ1n) is 16.5. The van der Waals surface area contributed by atoms with Crippen molar-refractivity contribution in [3.05, 3.63) is 83.4 Å². The standard InChI is InChI=1S/C36H44FN5O4Si/c1-5-26-21-27(46-23-25-11-7-6-8-12-25)14-15-28(26)29-16-17-30-34(40-42(35(30)33(29)37)32-13-9-10-18-45-32)36-38-31(22-43)39-41(36)24-44-19-20-47(2,3)4/h6-8,11-12,14-17,21,32,43H,5,9-10,13,18-20,22-24H2,1-4H3. The highest BCUT2D eigenvalue weighted by Gasteiger charge is 2.28. The quantitative estimate of drug-likeness (QED) is 0.102. The summed E-state index contributed by atoms with van der Waals surface area (Å²) >= 11 is 0. The lowest BCUT2D eigenvalue weighted by Gasteiger charge is -2.23. The van der Waals surface area contributed by atoms with Gasteiger partial charge in [-0.2, -0.15) is 10.2 Å². The van der Waals surface area contributed by atoms with Gasteiger partial charge in [0.2, 0.25) is 0 Å². The van der Waals surface area contributed by atoms with Gasteiger partial charge in [0.15, 0.2) is 23.7 Å². The Hall–Kier alpha value is -3.90. The zero-order valence-electron chi connectivity index (χ0n) is 27.7.